The largest absolute Gasteiger partial charge is 0.496 e. The van der Waals surface area contributed by atoms with Crippen LogP contribution in [0.2, 0.25) is 0 Å². The van der Waals surface area contributed by atoms with Gasteiger partial charge in [-0.15, -0.1) is 0 Å². The lowest BCUT2D eigenvalue weighted by Gasteiger charge is -2.30. The molecule has 1 unspecified atom stereocenters. The Morgan fingerprint density at radius 1 is 1.45 bits per heavy atom. The number of methoxy groups -OCH3 is 1. The molecule has 20 heavy (non-hydrogen) atoms. The maximum atomic E-state index is 11.6. The number of hydrogen-bond donors (Lipinski definition) is 0. The number of nitrogens with zero attached hydrogens (tertiary/aromatic N) is 1. The third-order valence-electron chi connectivity index (χ3n) is 3.84. The van der Waals surface area contributed by atoms with Crippen molar-refractivity contribution < 1.29 is 14.3 Å². The Labute approximate surface area is 119 Å². The summed E-state index contributed by atoms with van der Waals surface area (Å²) in [7, 11) is 1.63. The zero-order valence-corrected chi connectivity index (χ0v) is 12.3. The lowest BCUT2D eigenvalue weighted by Crippen LogP contribution is -2.39. The van der Waals surface area contributed by atoms with E-state index in [1.165, 1.54) is 0 Å². The smallest absolute Gasteiger partial charge is 0.159 e. The van der Waals surface area contributed by atoms with Gasteiger partial charge in [0.25, 0.3) is 0 Å². The summed E-state index contributed by atoms with van der Waals surface area (Å²) < 4.78 is 5.36. The van der Waals surface area contributed by atoms with Crippen LogP contribution in [-0.4, -0.2) is 36.7 Å². The van der Waals surface area contributed by atoms with Crippen molar-refractivity contribution in [1.29, 1.82) is 0 Å². The Morgan fingerprint density at radius 3 is 2.80 bits per heavy atom. The molecule has 0 radical (unpaired) electrons. The number of ether oxygens (including phenoxy) is 1. The number of hydrogen-bond acceptors (Lipinski definition) is 4. The van der Waals surface area contributed by atoms with E-state index in [4.69, 9.17) is 4.74 Å². The van der Waals surface area contributed by atoms with Gasteiger partial charge in [-0.1, -0.05) is 6.92 Å². The van der Waals surface area contributed by atoms with Gasteiger partial charge < -0.3 is 4.74 Å². The average molecular weight is 275 g/mol. The molecule has 1 atom stereocenters. The fraction of sp³-hybridized carbons (Fsp3) is 0.500. The maximum Gasteiger partial charge on any atom is 0.159 e. The Kier molecular flexibility index (Phi) is 4.55. The van der Waals surface area contributed by atoms with Gasteiger partial charge in [-0.05, 0) is 25.1 Å². The van der Waals surface area contributed by atoms with Crippen molar-refractivity contribution in [2.75, 3.05) is 20.2 Å². The molecular weight excluding hydrogens is 254 g/mol. The first-order valence-electron chi connectivity index (χ1n) is 6.94. The van der Waals surface area contributed by atoms with Gasteiger partial charge >= 0.3 is 0 Å². The minimum absolute atomic E-state index is 0.0519. The van der Waals surface area contributed by atoms with Crippen LogP contribution in [0.3, 0.4) is 0 Å². The molecule has 0 spiro atoms. The molecule has 1 aromatic carbocycles. The van der Waals surface area contributed by atoms with E-state index in [2.05, 4.69) is 4.90 Å². The van der Waals surface area contributed by atoms with Crippen LogP contribution in [0.4, 0.5) is 0 Å². The van der Waals surface area contributed by atoms with Crippen LogP contribution in [0.5, 0.6) is 5.75 Å². The van der Waals surface area contributed by atoms with Crippen molar-refractivity contribution in [1.82, 2.24) is 4.90 Å². The van der Waals surface area contributed by atoms with Crippen LogP contribution >= 0.6 is 0 Å². The molecule has 1 saturated heterocycles. The second kappa shape index (κ2) is 6.18. The fourth-order valence-electron chi connectivity index (χ4n) is 2.60. The summed E-state index contributed by atoms with van der Waals surface area (Å²) in [6, 6.07) is 5.51. The third kappa shape index (κ3) is 3.25. The first-order valence-corrected chi connectivity index (χ1v) is 6.94. The molecule has 0 aromatic heterocycles. The fourth-order valence-corrected chi connectivity index (χ4v) is 2.60. The molecule has 4 heteroatoms. The standard InChI is InChI=1S/C16H21NO3/c1-11-9-17(7-6-15(11)19)10-14-8-13(12(2)18)4-5-16(14)20-3/h4-5,8,11H,6-7,9-10H2,1-3H3. The second-order valence-corrected chi connectivity index (χ2v) is 5.44. The molecule has 1 fully saturated rings. The van der Waals surface area contributed by atoms with Crippen LogP contribution in [-0.2, 0) is 11.3 Å². The lowest BCUT2D eigenvalue weighted by molar-refractivity contribution is -0.125. The molecule has 0 bridgehead atoms. The average Bonchev–Trinajstić information content (AvgIpc) is 2.42. The molecule has 108 valence electrons. The highest BCUT2D eigenvalue weighted by molar-refractivity contribution is 5.94. The first-order chi connectivity index (χ1) is 9.51. The molecule has 1 aliphatic rings. The van der Waals surface area contributed by atoms with E-state index in [0.717, 1.165) is 24.4 Å². The predicted octanol–water partition coefficient (Wildman–Crippen LogP) is 2.31. The molecule has 1 aliphatic heterocycles. The van der Waals surface area contributed by atoms with E-state index in [1.807, 2.05) is 19.1 Å². The number of likely N-dealkylation sites (tertiary alicyclic amines) is 1. The summed E-state index contributed by atoms with van der Waals surface area (Å²) in [6.07, 6.45) is 0.607. The minimum Gasteiger partial charge on any atom is -0.496 e. The van der Waals surface area contributed by atoms with Gasteiger partial charge in [-0.25, -0.2) is 0 Å². The minimum atomic E-state index is 0.0519. The van der Waals surface area contributed by atoms with Crippen molar-refractivity contribution in [2.24, 2.45) is 5.92 Å². The number of rotatable bonds is 4. The molecule has 0 N–H and O–H groups in total. The number of ketones is 2. The van der Waals surface area contributed by atoms with Gasteiger partial charge in [-0.3, -0.25) is 14.5 Å². The monoisotopic (exact) mass is 275 g/mol. The number of carbonyl (C=O) groups excluding carboxylic acids is 2. The van der Waals surface area contributed by atoms with Crippen molar-refractivity contribution in [3.8, 4) is 5.75 Å². The number of piperidine rings is 1. The highest BCUT2D eigenvalue weighted by Gasteiger charge is 2.24. The van der Waals surface area contributed by atoms with Crippen LogP contribution in [0.15, 0.2) is 18.2 Å². The first kappa shape index (κ1) is 14.7. The van der Waals surface area contributed by atoms with Gasteiger partial charge in [0.2, 0.25) is 0 Å². The molecule has 0 saturated carbocycles. The molecular formula is C16H21NO3. The topological polar surface area (TPSA) is 46.6 Å². The van der Waals surface area contributed by atoms with E-state index in [1.54, 1.807) is 20.1 Å². The normalized spacial score (nSPS) is 19.9. The maximum absolute atomic E-state index is 11.6. The number of benzene rings is 1. The SMILES string of the molecule is COc1ccc(C(C)=O)cc1CN1CCC(=O)C(C)C1. The van der Waals surface area contributed by atoms with Gasteiger partial charge in [0.15, 0.2) is 5.78 Å². The molecule has 4 nitrogen and oxygen atoms in total. The summed E-state index contributed by atoms with van der Waals surface area (Å²) in [6.45, 7) is 5.79. The van der Waals surface area contributed by atoms with Crippen molar-refractivity contribution in [3.05, 3.63) is 29.3 Å². The van der Waals surface area contributed by atoms with E-state index in [-0.39, 0.29) is 11.7 Å². The Morgan fingerprint density at radius 2 is 2.20 bits per heavy atom. The number of carbonyl (C=O) groups is 2. The zero-order valence-electron chi connectivity index (χ0n) is 12.3. The van der Waals surface area contributed by atoms with Crippen molar-refractivity contribution in [2.45, 2.75) is 26.8 Å². The molecule has 2 rings (SSSR count). The lowest BCUT2D eigenvalue weighted by atomic mass is 9.97. The summed E-state index contributed by atoms with van der Waals surface area (Å²) in [5.41, 5.74) is 1.70. The predicted molar refractivity (Wildman–Crippen MR) is 77.1 cm³/mol. The molecule has 0 amide bonds. The Balaban J connectivity index is 2.17. The van der Waals surface area contributed by atoms with E-state index < -0.39 is 0 Å². The van der Waals surface area contributed by atoms with Gasteiger partial charge in [0, 0.05) is 43.1 Å². The molecule has 1 heterocycles. The van der Waals surface area contributed by atoms with Gasteiger partial charge in [0.05, 0.1) is 7.11 Å². The second-order valence-electron chi connectivity index (χ2n) is 5.44. The Hall–Kier alpha value is -1.68. The van der Waals surface area contributed by atoms with Crippen LogP contribution < -0.4 is 4.74 Å². The molecule has 1 aromatic rings. The van der Waals surface area contributed by atoms with E-state index >= 15 is 0 Å². The van der Waals surface area contributed by atoms with Crippen LogP contribution in [0, 0.1) is 5.92 Å². The van der Waals surface area contributed by atoms with Gasteiger partial charge in [-0.2, -0.15) is 0 Å². The Bertz CT molecular complexity index is 524. The van der Waals surface area contributed by atoms with Crippen molar-refractivity contribution >= 4 is 11.6 Å². The van der Waals surface area contributed by atoms with Crippen molar-refractivity contribution in [3.63, 3.8) is 0 Å². The van der Waals surface area contributed by atoms with E-state index in [0.29, 0.717) is 24.3 Å². The quantitative estimate of drug-likeness (QED) is 0.791. The van der Waals surface area contributed by atoms with Crippen LogP contribution in [0.25, 0.3) is 0 Å². The summed E-state index contributed by atoms with van der Waals surface area (Å²) >= 11 is 0. The summed E-state index contributed by atoms with van der Waals surface area (Å²) in [5.74, 6) is 1.27. The molecule has 0 aliphatic carbocycles. The highest BCUT2D eigenvalue weighted by atomic mass is 16.5. The van der Waals surface area contributed by atoms with Gasteiger partial charge in [0.1, 0.15) is 11.5 Å². The van der Waals surface area contributed by atoms with E-state index in [9.17, 15) is 9.59 Å². The summed E-state index contributed by atoms with van der Waals surface area (Å²) in [4.78, 5) is 25.3. The zero-order chi connectivity index (χ0) is 14.7. The number of Topliss-reactive ketones (excluding diaryl/α,β-unsaturated/α-hetero) is 2. The summed E-state index contributed by atoms with van der Waals surface area (Å²) in [5, 5.41) is 0. The third-order valence-corrected chi connectivity index (χ3v) is 3.84. The van der Waals surface area contributed by atoms with Crippen LogP contribution in [0.1, 0.15) is 36.2 Å². The highest BCUT2D eigenvalue weighted by Crippen LogP contribution is 2.24.